The molecule has 6 nitrogen and oxygen atoms in total. The van der Waals surface area contributed by atoms with E-state index < -0.39 is 0 Å². The molecule has 2 N–H and O–H groups in total. The van der Waals surface area contributed by atoms with Gasteiger partial charge in [0.15, 0.2) is 5.96 Å². The van der Waals surface area contributed by atoms with Crippen LogP contribution in [-0.4, -0.2) is 61.8 Å². The number of hydrogen-bond donors (Lipinski definition) is 2. The minimum atomic E-state index is 0. The summed E-state index contributed by atoms with van der Waals surface area (Å²) < 4.78 is 5.74. The zero-order valence-electron chi connectivity index (χ0n) is 17.7. The number of benzene rings is 2. The van der Waals surface area contributed by atoms with Crippen molar-refractivity contribution in [2.75, 3.05) is 50.8 Å². The van der Waals surface area contributed by atoms with Gasteiger partial charge in [0.2, 0.25) is 0 Å². The number of para-hydroxylation sites is 3. The van der Waals surface area contributed by atoms with Crippen molar-refractivity contribution in [1.82, 2.24) is 10.2 Å². The summed E-state index contributed by atoms with van der Waals surface area (Å²) in [4.78, 5) is 9.34. The molecule has 30 heavy (non-hydrogen) atoms. The lowest BCUT2D eigenvalue weighted by molar-refractivity contribution is 0.307. The minimum absolute atomic E-state index is 0. The van der Waals surface area contributed by atoms with E-state index in [2.05, 4.69) is 22.0 Å². The number of guanidine groups is 1. The number of phenolic OH excluding ortho intramolecular Hbond substituents is 1. The Hall–Kier alpha value is -2.16. The SMILES string of the molecule is CCNC(=NCCCCOc1ccccc1)N1CCN(c2ccccc2O)CC1.I. The smallest absolute Gasteiger partial charge is 0.194 e. The van der Waals surface area contributed by atoms with E-state index in [1.807, 2.05) is 48.5 Å². The van der Waals surface area contributed by atoms with Gasteiger partial charge in [-0.15, -0.1) is 24.0 Å². The van der Waals surface area contributed by atoms with Gasteiger partial charge in [-0.3, -0.25) is 4.99 Å². The Balaban J connectivity index is 0.00000320. The van der Waals surface area contributed by atoms with Gasteiger partial charge in [-0.1, -0.05) is 30.3 Å². The molecule has 164 valence electrons. The number of nitrogens with one attached hydrogen (secondary N) is 1. The second-order valence-electron chi connectivity index (χ2n) is 7.07. The third kappa shape index (κ3) is 7.27. The Kier molecular flexibility index (Phi) is 10.6. The number of piperazine rings is 1. The van der Waals surface area contributed by atoms with Crippen LogP contribution in [0.15, 0.2) is 59.6 Å². The van der Waals surface area contributed by atoms with Gasteiger partial charge in [-0.25, -0.2) is 0 Å². The molecule has 3 rings (SSSR count). The van der Waals surface area contributed by atoms with Gasteiger partial charge in [0.25, 0.3) is 0 Å². The molecule has 1 fully saturated rings. The standard InChI is InChI=1S/C23H32N4O2.HI/c1-2-24-23(25-14-8-9-19-29-20-10-4-3-5-11-20)27-17-15-26(16-18-27)21-12-6-7-13-22(21)28;/h3-7,10-13,28H,2,8-9,14-19H2,1H3,(H,24,25);1H. The molecule has 2 aromatic rings. The van der Waals surface area contributed by atoms with Crippen molar-refractivity contribution in [3.63, 3.8) is 0 Å². The molecule has 0 saturated carbocycles. The molecule has 7 heteroatoms. The van der Waals surface area contributed by atoms with Crippen LogP contribution in [0.5, 0.6) is 11.5 Å². The fourth-order valence-corrected chi connectivity index (χ4v) is 3.42. The van der Waals surface area contributed by atoms with Crippen molar-refractivity contribution in [2.45, 2.75) is 19.8 Å². The van der Waals surface area contributed by atoms with Gasteiger partial charge >= 0.3 is 0 Å². The Morgan fingerprint density at radius 1 is 1.00 bits per heavy atom. The molecule has 0 aliphatic carbocycles. The highest BCUT2D eigenvalue weighted by molar-refractivity contribution is 14.0. The van der Waals surface area contributed by atoms with E-state index in [1.165, 1.54) is 0 Å². The van der Waals surface area contributed by atoms with Crippen LogP contribution in [-0.2, 0) is 0 Å². The first-order valence-corrected chi connectivity index (χ1v) is 10.5. The van der Waals surface area contributed by atoms with Crippen LogP contribution in [0.2, 0.25) is 0 Å². The van der Waals surface area contributed by atoms with Gasteiger partial charge in [0, 0.05) is 39.3 Å². The second-order valence-corrected chi connectivity index (χ2v) is 7.07. The average molecular weight is 524 g/mol. The predicted molar refractivity (Wildman–Crippen MR) is 134 cm³/mol. The number of halogens is 1. The van der Waals surface area contributed by atoms with Crippen LogP contribution in [0.1, 0.15) is 19.8 Å². The van der Waals surface area contributed by atoms with Gasteiger partial charge in [0.1, 0.15) is 11.5 Å². The molecule has 0 amide bonds. The molecule has 0 atom stereocenters. The highest BCUT2D eigenvalue weighted by Crippen LogP contribution is 2.27. The first kappa shape index (κ1) is 24.1. The lowest BCUT2D eigenvalue weighted by Gasteiger charge is -2.37. The van der Waals surface area contributed by atoms with Crippen LogP contribution in [0, 0.1) is 0 Å². The van der Waals surface area contributed by atoms with E-state index in [-0.39, 0.29) is 24.0 Å². The monoisotopic (exact) mass is 524 g/mol. The van der Waals surface area contributed by atoms with Gasteiger partial charge in [-0.2, -0.15) is 0 Å². The predicted octanol–water partition coefficient (Wildman–Crippen LogP) is 3.96. The zero-order valence-corrected chi connectivity index (χ0v) is 20.0. The number of aromatic hydroxyl groups is 1. The van der Waals surface area contributed by atoms with Gasteiger partial charge in [-0.05, 0) is 44.0 Å². The van der Waals surface area contributed by atoms with Gasteiger partial charge < -0.3 is 25.0 Å². The number of ether oxygens (including phenoxy) is 1. The Bertz CT molecular complexity index is 765. The summed E-state index contributed by atoms with van der Waals surface area (Å²) >= 11 is 0. The molecule has 0 aromatic heterocycles. The number of hydrogen-bond acceptors (Lipinski definition) is 4. The fraction of sp³-hybridized carbons (Fsp3) is 0.435. The third-order valence-electron chi connectivity index (χ3n) is 4.96. The molecule has 1 saturated heterocycles. The summed E-state index contributed by atoms with van der Waals surface area (Å²) in [6.45, 7) is 7.97. The Labute approximate surface area is 197 Å². The number of rotatable bonds is 8. The molecule has 1 heterocycles. The number of aliphatic imine (C=N–C) groups is 1. The maximum Gasteiger partial charge on any atom is 0.194 e. The first-order chi connectivity index (χ1) is 14.3. The Morgan fingerprint density at radius 3 is 2.40 bits per heavy atom. The van der Waals surface area contributed by atoms with Crippen molar-refractivity contribution >= 4 is 35.6 Å². The van der Waals surface area contributed by atoms with E-state index in [0.717, 1.165) is 76.1 Å². The highest BCUT2D eigenvalue weighted by Gasteiger charge is 2.21. The molecule has 1 aliphatic rings. The molecule has 0 bridgehead atoms. The molecule has 0 radical (unpaired) electrons. The second kappa shape index (κ2) is 13.2. The summed E-state index contributed by atoms with van der Waals surface area (Å²) in [5.74, 6) is 2.25. The first-order valence-electron chi connectivity index (χ1n) is 10.5. The van der Waals surface area contributed by atoms with Crippen molar-refractivity contribution in [1.29, 1.82) is 0 Å². The lowest BCUT2D eigenvalue weighted by atomic mass is 10.2. The van der Waals surface area contributed by atoms with Crippen LogP contribution >= 0.6 is 24.0 Å². The van der Waals surface area contributed by atoms with Crippen molar-refractivity contribution in [3.8, 4) is 11.5 Å². The third-order valence-corrected chi connectivity index (χ3v) is 4.96. The Morgan fingerprint density at radius 2 is 1.70 bits per heavy atom. The maximum atomic E-state index is 10.1. The van der Waals surface area contributed by atoms with Crippen molar-refractivity contribution < 1.29 is 9.84 Å². The zero-order chi connectivity index (χ0) is 20.3. The minimum Gasteiger partial charge on any atom is -0.506 e. The number of phenols is 1. The number of anilines is 1. The molecular formula is C23H33IN4O2. The van der Waals surface area contributed by atoms with E-state index in [9.17, 15) is 5.11 Å². The number of nitrogens with zero attached hydrogens (tertiary/aromatic N) is 3. The van der Waals surface area contributed by atoms with Gasteiger partial charge in [0.05, 0.1) is 12.3 Å². The lowest BCUT2D eigenvalue weighted by Crippen LogP contribution is -2.52. The largest absolute Gasteiger partial charge is 0.506 e. The maximum absolute atomic E-state index is 10.1. The highest BCUT2D eigenvalue weighted by atomic mass is 127. The quantitative estimate of drug-likeness (QED) is 0.237. The summed E-state index contributed by atoms with van der Waals surface area (Å²) in [5.41, 5.74) is 0.910. The normalized spacial score (nSPS) is 14.2. The van der Waals surface area contributed by atoms with Crippen LogP contribution < -0.4 is 15.0 Å². The summed E-state index contributed by atoms with van der Waals surface area (Å²) in [6.07, 6.45) is 1.98. The van der Waals surface area contributed by atoms with E-state index >= 15 is 0 Å². The summed E-state index contributed by atoms with van der Waals surface area (Å²) in [7, 11) is 0. The molecular weight excluding hydrogens is 491 g/mol. The topological polar surface area (TPSA) is 60.3 Å². The fourth-order valence-electron chi connectivity index (χ4n) is 3.42. The van der Waals surface area contributed by atoms with E-state index in [1.54, 1.807) is 6.07 Å². The summed E-state index contributed by atoms with van der Waals surface area (Å²) in [5, 5.41) is 13.5. The van der Waals surface area contributed by atoms with Crippen molar-refractivity contribution in [3.05, 3.63) is 54.6 Å². The van der Waals surface area contributed by atoms with Crippen LogP contribution in [0.3, 0.4) is 0 Å². The molecule has 1 aliphatic heterocycles. The molecule has 2 aromatic carbocycles. The molecule has 0 unspecified atom stereocenters. The molecule has 0 spiro atoms. The number of unbranched alkanes of at least 4 members (excludes halogenated alkanes) is 1. The van der Waals surface area contributed by atoms with Crippen molar-refractivity contribution in [2.24, 2.45) is 4.99 Å². The van der Waals surface area contributed by atoms with Crippen LogP contribution in [0.4, 0.5) is 5.69 Å². The van der Waals surface area contributed by atoms with E-state index in [4.69, 9.17) is 9.73 Å². The average Bonchev–Trinajstić information content (AvgIpc) is 2.77. The van der Waals surface area contributed by atoms with Crippen LogP contribution in [0.25, 0.3) is 0 Å². The summed E-state index contributed by atoms with van der Waals surface area (Å²) in [6, 6.07) is 17.5. The van der Waals surface area contributed by atoms with E-state index in [0.29, 0.717) is 5.75 Å².